The van der Waals surface area contributed by atoms with Gasteiger partial charge in [0.15, 0.2) is 5.96 Å². The second-order valence-corrected chi connectivity index (χ2v) is 7.30. The first-order valence-electron chi connectivity index (χ1n) is 10.0. The summed E-state index contributed by atoms with van der Waals surface area (Å²) in [6, 6.07) is 4.26. The van der Waals surface area contributed by atoms with Gasteiger partial charge in [0, 0.05) is 26.2 Å². The molecule has 1 aliphatic heterocycles. The van der Waals surface area contributed by atoms with E-state index in [1.54, 1.807) is 0 Å². The maximum atomic E-state index is 5.92. The molecular weight excluding hydrogens is 328 g/mol. The first kappa shape index (κ1) is 20.8. The third-order valence-corrected chi connectivity index (χ3v) is 4.59. The lowest BCUT2D eigenvalue weighted by Crippen LogP contribution is -2.42. The Hall–Kier alpha value is -1.53. The fourth-order valence-corrected chi connectivity index (χ4v) is 3.14. The van der Waals surface area contributed by atoms with Gasteiger partial charge in [0.2, 0.25) is 0 Å². The van der Waals surface area contributed by atoms with Crippen molar-refractivity contribution in [1.29, 1.82) is 0 Å². The van der Waals surface area contributed by atoms with Crippen LogP contribution in [0.5, 0.6) is 0 Å². The minimum absolute atomic E-state index is 0.152. The number of hydrogen-bond acceptors (Lipinski definition) is 4. The molecule has 1 fully saturated rings. The molecule has 1 unspecified atom stereocenters. The summed E-state index contributed by atoms with van der Waals surface area (Å²) >= 11 is 0. The van der Waals surface area contributed by atoms with Gasteiger partial charge in [0.1, 0.15) is 11.5 Å². The number of ether oxygens (including phenoxy) is 1. The molecule has 1 aromatic heterocycles. The highest BCUT2D eigenvalue weighted by molar-refractivity contribution is 5.79. The topological polar surface area (TPSA) is 62.0 Å². The average Bonchev–Trinajstić information content (AvgIpc) is 3.05. The summed E-state index contributed by atoms with van der Waals surface area (Å²) in [4.78, 5) is 7.25. The number of furan rings is 1. The van der Waals surface area contributed by atoms with Crippen molar-refractivity contribution < 1.29 is 9.15 Å². The molecule has 1 aromatic rings. The molecule has 1 saturated heterocycles. The Labute approximate surface area is 158 Å². The zero-order chi connectivity index (χ0) is 18.8. The molecule has 2 rings (SSSR count). The zero-order valence-corrected chi connectivity index (χ0v) is 16.9. The minimum atomic E-state index is 0.152. The van der Waals surface area contributed by atoms with Crippen LogP contribution in [-0.4, -0.2) is 56.8 Å². The maximum absolute atomic E-state index is 5.92. The number of nitrogens with one attached hydrogen (secondary N) is 2. The van der Waals surface area contributed by atoms with Crippen molar-refractivity contribution in [3.05, 3.63) is 23.7 Å². The van der Waals surface area contributed by atoms with Crippen molar-refractivity contribution in [2.24, 2.45) is 10.9 Å². The predicted molar refractivity (Wildman–Crippen MR) is 107 cm³/mol. The fourth-order valence-electron chi connectivity index (χ4n) is 3.14. The zero-order valence-electron chi connectivity index (χ0n) is 16.9. The van der Waals surface area contributed by atoms with Crippen LogP contribution >= 0.6 is 0 Å². The third kappa shape index (κ3) is 7.00. The van der Waals surface area contributed by atoms with Gasteiger partial charge in [0.05, 0.1) is 25.8 Å². The molecule has 1 atom stereocenters. The molecule has 148 valence electrons. The molecule has 0 amide bonds. The molecule has 1 aliphatic rings. The smallest absolute Gasteiger partial charge is 0.191 e. The second-order valence-electron chi connectivity index (χ2n) is 7.30. The van der Waals surface area contributed by atoms with Crippen LogP contribution in [0, 0.1) is 12.8 Å². The van der Waals surface area contributed by atoms with Gasteiger partial charge in [-0.25, -0.2) is 0 Å². The summed E-state index contributed by atoms with van der Waals surface area (Å²) in [5.41, 5.74) is 0. The van der Waals surface area contributed by atoms with E-state index in [2.05, 4.69) is 42.4 Å². The number of aryl methyl sites for hydroxylation is 1. The Morgan fingerprint density at radius 2 is 2.00 bits per heavy atom. The van der Waals surface area contributed by atoms with E-state index in [4.69, 9.17) is 14.1 Å². The highest BCUT2D eigenvalue weighted by Gasteiger charge is 2.25. The Kier molecular flexibility index (Phi) is 8.98. The van der Waals surface area contributed by atoms with Crippen LogP contribution in [0.15, 0.2) is 21.5 Å². The van der Waals surface area contributed by atoms with E-state index in [-0.39, 0.29) is 6.04 Å². The molecular formula is C20H36N4O2. The molecule has 0 spiro atoms. The molecule has 0 bridgehead atoms. The van der Waals surface area contributed by atoms with Crippen LogP contribution in [0.2, 0.25) is 0 Å². The Morgan fingerprint density at radius 3 is 2.62 bits per heavy atom. The Morgan fingerprint density at radius 1 is 1.23 bits per heavy atom. The average molecular weight is 365 g/mol. The Balaban J connectivity index is 2.00. The SMILES string of the molecule is CCNC(=NCC(c1ccc(C)o1)N1CCOCC1)NCCCC(C)C. The second kappa shape index (κ2) is 11.2. The third-order valence-electron chi connectivity index (χ3n) is 4.59. The molecule has 2 heterocycles. The lowest BCUT2D eigenvalue weighted by Gasteiger charge is -2.32. The van der Waals surface area contributed by atoms with Crippen molar-refractivity contribution >= 4 is 5.96 Å². The summed E-state index contributed by atoms with van der Waals surface area (Å²) in [6.45, 7) is 14.5. The van der Waals surface area contributed by atoms with Gasteiger partial charge in [-0.05, 0) is 44.7 Å². The number of nitrogens with zero attached hydrogens (tertiary/aromatic N) is 2. The fraction of sp³-hybridized carbons (Fsp3) is 0.750. The highest BCUT2D eigenvalue weighted by Crippen LogP contribution is 2.24. The highest BCUT2D eigenvalue weighted by atomic mass is 16.5. The first-order chi connectivity index (χ1) is 12.6. The van der Waals surface area contributed by atoms with E-state index in [1.807, 2.05) is 13.0 Å². The largest absolute Gasteiger partial charge is 0.465 e. The molecule has 0 aromatic carbocycles. The van der Waals surface area contributed by atoms with Crippen LogP contribution in [0.25, 0.3) is 0 Å². The van der Waals surface area contributed by atoms with Crippen molar-refractivity contribution in [3.8, 4) is 0 Å². The van der Waals surface area contributed by atoms with Gasteiger partial charge in [0.25, 0.3) is 0 Å². The Bertz CT molecular complexity index is 536. The summed E-state index contributed by atoms with van der Waals surface area (Å²) in [5.74, 6) is 3.56. The van der Waals surface area contributed by atoms with Crippen molar-refractivity contribution in [2.75, 3.05) is 45.9 Å². The lowest BCUT2D eigenvalue weighted by atomic mass is 10.1. The molecule has 6 nitrogen and oxygen atoms in total. The lowest BCUT2D eigenvalue weighted by molar-refractivity contribution is 0.0135. The van der Waals surface area contributed by atoms with Gasteiger partial charge in [-0.2, -0.15) is 0 Å². The first-order valence-corrected chi connectivity index (χ1v) is 10.0. The molecule has 0 aliphatic carbocycles. The van der Waals surface area contributed by atoms with E-state index in [0.717, 1.165) is 69.2 Å². The molecule has 26 heavy (non-hydrogen) atoms. The number of guanidine groups is 1. The van der Waals surface area contributed by atoms with Crippen molar-refractivity contribution in [2.45, 2.75) is 46.6 Å². The van der Waals surface area contributed by atoms with Crippen molar-refractivity contribution in [3.63, 3.8) is 0 Å². The van der Waals surface area contributed by atoms with Gasteiger partial charge in [-0.15, -0.1) is 0 Å². The van der Waals surface area contributed by atoms with Crippen molar-refractivity contribution in [1.82, 2.24) is 15.5 Å². The molecule has 6 heteroatoms. The van der Waals surface area contributed by atoms with Crippen LogP contribution < -0.4 is 10.6 Å². The van der Waals surface area contributed by atoms with E-state index in [9.17, 15) is 0 Å². The van der Waals surface area contributed by atoms with E-state index >= 15 is 0 Å². The number of rotatable bonds is 9. The normalized spacial score (nSPS) is 17.5. The summed E-state index contributed by atoms with van der Waals surface area (Å²) < 4.78 is 11.4. The number of hydrogen-bond donors (Lipinski definition) is 2. The van der Waals surface area contributed by atoms with Crippen LogP contribution in [0.1, 0.15) is 51.2 Å². The van der Waals surface area contributed by atoms with E-state index in [1.165, 1.54) is 6.42 Å². The standard InChI is InChI=1S/C20H36N4O2/c1-5-21-20(22-10-6-7-16(2)3)23-15-18(19-9-8-17(4)26-19)24-11-13-25-14-12-24/h8-9,16,18H,5-7,10-15H2,1-4H3,(H2,21,22,23). The van der Waals surface area contributed by atoms with E-state index in [0.29, 0.717) is 6.54 Å². The van der Waals surface area contributed by atoms with Gasteiger partial charge in [-0.1, -0.05) is 13.8 Å². The minimum Gasteiger partial charge on any atom is -0.465 e. The maximum Gasteiger partial charge on any atom is 0.191 e. The quantitative estimate of drug-likeness (QED) is 0.401. The van der Waals surface area contributed by atoms with Crippen LogP contribution in [-0.2, 0) is 4.74 Å². The molecule has 0 saturated carbocycles. The van der Waals surface area contributed by atoms with Gasteiger partial charge in [-0.3, -0.25) is 9.89 Å². The summed E-state index contributed by atoms with van der Waals surface area (Å²) in [7, 11) is 0. The summed E-state index contributed by atoms with van der Waals surface area (Å²) in [5, 5.41) is 6.81. The number of aliphatic imine (C=N–C) groups is 1. The molecule has 2 N–H and O–H groups in total. The predicted octanol–water partition coefficient (Wildman–Crippen LogP) is 2.95. The van der Waals surface area contributed by atoms with E-state index < -0.39 is 0 Å². The van der Waals surface area contributed by atoms with Crippen LogP contribution in [0.3, 0.4) is 0 Å². The molecule has 0 radical (unpaired) electrons. The van der Waals surface area contributed by atoms with Gasteiger partial charge < -0.3 is 19.8 Å². The monoisotopic (exact) mass is 364 g/mol. The van der Waals surface area contributed by atoms with Gasteiger partial charge >= 0.3 is 0 Å². The summed E-state index contributed by atoms with van der Waals surface area (Å²) in [6.07, 6.45) is 2.39. The van der Waals surface area contributed by atoms with Crippen LogP contribution in [0.4, 0.5) is 0 Å². The number of morpholine rings is 1.